The number of ether oxygens (including phenoxy) is 2. The molecular formula is C24H20F4O3. The molecule has 1 fully saturated rings. The summed E-state index contributed by atoms with van der Waals surface area (Å²) in [6.45, 7) is 2.41. The van der Waals surface area contributed by atoms with Crippen LogP contribution in [-0.2, 0) is 9.47 Å². The van der Waals surface area contributed by atoms with Crippen LogP contribution in [-0.4, -0.2) is 24.6 Å². The smallest absolute Gasteiger partial charge is 0.200 e. The third-order valence-corrected chi connectivity index (χ3v) is 5.42. The van der Waals surface area contributed by atoms with Gasteiger partial charge in [0.25, 0.3) is 0 Å². The lowest BCUT2D eigenvalue weighted by Gasteiger charge is -2.29. The van der Waals surface area contributed by atoms with E-state index in [1.807, 2.05) is 6.92 Å². The molecule has 0 radical (unpaired) electrons. The summed E-state index contributed by atoms with van der Waals surface area (Å²) in [7, 11) is 0. The van der Waals surface area contributed by atoms with Crippen molar-refractivity contribution in [2.24, 2.45) is 0 Å². The van der Waals surface area contributed by atoms with E-state index in [2.05, 4.69) is 0 Å². The van der Waals surface area contributed by atoms with Crippen LogP contribution in [0.2, 0.25) is 0 Å². The standard InChI is InChI=1S/C24H20F4O3/c1-2-20-30-11-15(12-31-20)18-8-7-16(21(25)22(18)26)13-3-5-14(6-4-13)17-9-10-19(29)24(28)23(17)27/h3-10,15,20,29H,2,11-12H2,1H3. The molecule has 0 unspecified atom stereocenters. The average Bonchev–Trinajstić information content (AvgIpc) is 2.80. The fourth-order valence-electron chi connectivity index (χ4n) is 3.65. The zero-order valence-corrected chi connectivity index (χ0v) is 16.7. The highest BCUT2D eigenvalue weighted by atomic mass is 19.2. The van der Waals surface area contributed by atoms with Gasteiger partial charge >= 0.3 is 0 Å². The van der Waals surface area contributed by atoms with Crippen LogP contribution in [0.3, 0.4) is 0 Å². The second-order valence-corrected chi connectivity index (χ2v) is 7.37. The minimum absolute atomic E-state index is 0.0495. The van der Waals surface area contributed by atoms with Crippen LogP contribution in [0.15, 0.2) is 48.5 Å². The number of phenols is 1. The molecule has 162 valence electrons. The highest BCUT2D eigenvalue weighted by Gasteiger charge is 2.27. The van der Waals surface area contributed by atoms with Crippen LogP contribution in [0.4, 0.5) is 17.6 Å². The maximum absolute atomic E-state index is 14.8. The minimum atomic E-state index is -1.34. The Labute approximate surface area is 176 Å². The molecule has 1 N–H and O–H groups in total. The molecule has 3 aromatic carbocycles. The lowest BCUT2D eigenvalue weighted by molar-refractivity contribution is -0.187. The third-order valence-electron chi connectivity index (χ3n) is 5.42. The molecule has 7 heteroatoms. The van der Waals surface area contributed by atoms with Crippen molar-refractivity contribution in [3.8, 4) is 28.0 Å². The molecule has 0 amide bonds. The molecule has 3 nitrogen and oxygen atoms in total. The van der Waals surface area contributed by atoms with Crippen molar-refractivity contribution in [3.63, 3.8) is 0 Å². The molecule has 1 heterocycles. The Balaban J connectivity index is 1.60. The second-order valence-electron chi connectivity index (χ2n) is 7.37. The molecule has 0 aromatic heterocycles. The van der Waals surface area contributed by atoms with E-state index >= 15 is 0 Å². The van der Waals surface area contributed by atoms with Crippen molar-refractivity contribution in [3.05, 3.63) is 77.4 Å². The fraction of sp³-hybridized carbons (Fsp3) is 0.250. The van der Waals surface area contributed by atoms with Gasteiger partial charge in [-0.1, -0.05) is 43.3 Å². The van der Waals surface area contributed by atoms with E-state index in [9.17, 15) is 22.7 Å². The lowest BCUT2D eigenvalue weighted by Crippen LogP contribution is -2.30. The van der Waals surface area contributed by atoms with Gasteiger partial charge in [-0.2, -0.15) is 4.39 Å². The summed E-state index contributed by atoms with van der Waals surface area (Å²) < 4.78 is 68.3. The van der Waals surface area contributed by atoms with Crippen LogP contribution in [0, 0.1) is 23.3 Å². The van der Waals surface area contributed by atoms with Gasteiger partial charge in [0.05, 0.1) is 13.2 Å². The molecule has 0 atom stereocenters. The number of hydrogen-bond donors (Lipinski definition) is 1. The van der Waals surface area contributed by atoms with Crippen molar-refractivity contribution < 1.29 is 32.1 Å². The second kappa shape index (κ2) is 8.69. The number of rotatable bonds is 4. The monoisotopic (exact) mass is 432 g/mol. The zero-order valence-electron chi connectivity index (χ0n) is 16.7. The summed E-state index contributed by atoms with van der Waals surface area (Å²) in [4.78, 5) is 0. The van der Waals surface area contributed by atoms with E-state index in [0.29, 0.717) is 17.5 Å². The molecule has 31 heavy (non-hydrogen) atoms. The van der Waals surface area contributed by atoms with Crippen LogP contribution in [0.25, 0.3) is 22.3 Å². The summed E-state index contributed by atoms with van der Waals surface area (Å²) in [5.74, 6) is -5.66. The first-order valence-electron chi connectivity index (χ1n) is 9.89. The molecule has 1 aliphatic heterocycles. The Hall–Kier alpha value is -2.90. The van der Waals surface area contributed by atoms with E-state index < -0.39 is 34.9 Å². The first kappa shape index (κ1) is 21.3. The molecular weight excluding hydrogens is 412 g/mol. The first-order valence-corrected chi connectivity index (χ1v) is 9.89. The van der Waals surface area contributed by atoms with Gasteiger partial charge in [0.2, 0.25) is 5.82 Å². The van der Waals surface area contributed by atoms with Crippen LogP contribution in [0.1, 0.15) is 24.8 Å². The molecule has 0 bridgehead atoms. The minimum Gasteiger partial charge on any atom is -0.505 e. The maximum Gasteiger partial charge on any atom is 0.200 e. The molecule has 4 rings (SSSR count). The summed E-state index contributed by atoms with van der Waals surface area (Å²) in [6.07, 6.45) is 0.355. The quantitative estimate of drug-likeness (QED) is 0.503. The lowest BCUT2D eigenvalue weighted by atomic mass is 9.94. The normalized spacial score (nSPS) is 18.9. The Morgan fingerprint density at radius 1 is 0.742 bits per heavy atom. The van der Waals surface area contributed by atoms with Gasteiger partial charge in [-0.05, 0) is 35.2 Å². The summed E-state index contributed by atoms with van der Waals surface area (Å²) >= 11 is 0. The Morgan fingerprint density at radius 2 is 1.26 bits per heavy atom. The Bertz CT molecular complexity index is 1090. The number of benzene rings is 3. The van der Waals surface area contributed by atoms with E-state index in [0.717, 1.165) is 6.07 Å². The SMILES string of the molecule is CCC1OCC(c2ccc(-c3ccc(-c4ccc(O)c(F)c4F)cc3)c(F)c2F)CO1. The number of hydrogen-bond acceptors (Lipinski definition) is 3. The van der Waals surface area contributed by atoms with Crippen LogP contribution in [0.5, 0.6) is 5.75 Å². The van der Waals surface area contributed by atoms with Gasteiger partial charge < -0.3 is 14.6 Å². The molecule has 0 aliphatic carbocycles. The van der Waals surface area contributed by atoms with Crippen molar-refractivity contribution in [1.82, 2.24) is 0 Å². The summed E-state index contributed by atoms with van der Waals surface area (Å²) in [6, 6.07) is 11.2. The van der Waals surface area contributed by atoms with Gasteiger partial charge in [0.1, 0.15) is 0 Å². The van der Waals surface area contributed by atoms with Crippen LogP contribution < -0.4 is 0 Å². The van der Waals surface area contributed by atoms with Crippen molar-refractivity contribution >= 4 is 0 Å². The van der Waals surface area contributed by atoms with Gasteiger partial charge in [-0.25, -0.2) is 13.2 Å². The van der Waals surface area contributed by atoms with E-state index in [-0.39, 0.29) is 36.2 Å². The number of aromatic hydroxyl groups is 1. The Kier molecular flexibility index (Phi) is 5.98. The third kappa shape index (κ3) is 4.03. The van der Waals surface area contributed by atoms with Gasteiger partial charge in [-0.15, -0.1) is 0 Å². The zero-order chi connectivity index (χ0) is 22.1. The number of phenolic OH excluding ortho intramolecular Hbond substituents is 1. The predicted molar refractivity (Wildman–Crippen MR) is 108 cm³/mol. The number of halogens is 4. The van der Waals surface area contributed by atoms with Gasteiger partial charge in [-0.3, -0.25) is 0 Å². The highest BCUT2D eigenvalue weighted by Crippen LogP contribution is 2.34. The molecule has 0 spiro atoms. The largest absolute Gasteiger partial charge is 0.505 e. The summed E-state index contributed by atoms with van der Waals surface area (Å²) in [5.41, 5.74) is 0.906. The van der Waals surface area contributed by atoms with E-state index in [1.165, 1.54) is 42.5 Å². The predicted octanol–water partition coefficient (Wildman–Crippen LogP) is 6.15. The molecule has 1 aliphatic rings. The van der Waals surface area contributed by atoms with Crippen molar-refractivity contribution in [2.75, 3.05) is 13.2 Å². The topological polar surface area (TPSA) is 38.7 Å². The van der Waals surface area contributed by atoms with Crippen molar-refractivity contribution in [1.29, 1.82) is 0 Å². The first-order chi connectivity index (χ1) is 14.9. The molecule has 3 aromatic rings. The highest BCUT2D eigenvalue weighted by molar-refractivity contribution is 5.71. The fourth-order valence-corrected chi connectivity index (χ4v) is 3.65. The molecule has 0 saturated carbocycles. The van der Waals surface area contributed by atoms with Gasteiger partial charge in [0, 0.05) is 17.0 Å². The molecule has 1 saturated heterocycles. The Morgan fingerprint density at radius 3 is 1.81 bits per heavy atom. The average molecular weight is 432 g/mol. The van der Waals surface area contributed by atoms with E-state index in [4.69, 9.17) is 9.47 Å². The van der Waals surface area contributed by atoms with Crippen molar-refractivity contribution in [2.45, 2.75) is 25.6 Å². The van der Waals surface area contributed by atoms with E-state index in [1.54, 1.807) is 0 Å². The summed E-state index contributed by atoms with van der Waals surface area (Å²) in [5, 5.41) is 9.26. The maximum atomic E-state index is 14.8. The van der Waals surface area contributed by atoms with Gasteiger partial charge in [0.15, 0.2) is 29.5 Å². The van der Waals surface area contributed by atoms with Crippen LogP contribution >= 0.6 is 0 Å².